The van der Waals surface area contributed by atoms with E-state index in [1.165, 1.54) is 0 Å². The molecule has 0 spiro atoms. The Bertz CT molecular complexity index is 968. The van der Waals surface area contributed by atoms with E-state index in [1.807, 2.05) is 0 Å². The van der Waals surface area contributed by atoms with Crippen molar-refractivity contribution in [2.75, 3.05) is 13.2 Å². The molecule has 1 heterocycles. The van der Waals surface area contributed by atoms with Crippen LogP contribution in [0.3, 0.4) is 0 Å². The van der Waals surface area contributed by atoms with Crippen molar-refractivity contribution >= 4 is 33.6 Å². The molecule has 0 radical (unpaired) electrons. The zero-order chi connectivity index (χ0) is 19.6. The number of cyclic esters (lactones) is 1. The van der Waals surface area contributed by atoms with E-state index in [9.17, 15) is 22.4 Å². The highest BCUT2D eigenvalue weighted by Gasteiger charge is 2.34. The lowest BCUT2D eigenvalue weighted by Gasteiger charge is -2.22. The largest absolute Gasteiger partial charge is 0.439 e. The van der Waals surface area contributed by atoms with Gasteiger partial charge in [0.1, 0.15) is 5.82 Å². The van der Waals surface area contributed by atoms with Crippen molar-refractivity contribution in [1.82, 2.24) is 9.62 Å². The Balaban J connectivity index is 1.92. The Morgan fingerprint density at radius 1 is 1.19 bits per heavy atom. The molecule has 0 aromatic heterocycles. The first-order valence-corrected chi connectivity index (χ1v) is 9.63. The number of imide groups is 1. The van der Waals surface area contributed by atoms with Gasteiger partial charge in [-0.15, -0.1) is 0 Å². The van der Waals surface area contributed by atoms with Crippen LogP contribution in [-0.2, 0) is 19.6 Å². The summed E-state index contributed by atoms with van der Waals surface area (Å²) in [7, 11) is -4.11. The summed E-state index contributed by atoms with van der Waals surface area (Å²) in [4.78, 5) is 24.1. The van der Waals surface area contributed by atoms with Crippen LogP contribution in [0.25, 0.3) is 0 Å². The minimum Gasteiger partial charge on any atom is -0.439 e. The van der Waals surface area contributed by atoms with Crippen LogP contribution in [-0.4, -0.2) is 38.5 Å². The molecule has 1 N–H and O–H groups in total. The molecule has 2 aromatic carbocycles. The number of nitrogens with zero attached hydrogens (tertiary/aromatic N) is 1. The maximum Gasteiger partial charge on any atom is 0.417 e. The molecular formula is C17H14ClFN2O5S. The lowest BCUT2D eigenvalue weighted by atomic mass is 10.1. The van der Waals surface area contributed by atoms with Crippen LogP contribution in [0.15, 0.2) is 53.4 Å². The maximum absolute atomic E-state index is 13.3. The molecule has 7 nitrogen and oxygen atoms in total. The molecule has 1 saturated heterocycles. The first-order valence-electron chi connectivity index (χ1n) is 7.77. The van der Waals surface area contributed by atoms with E-state index in [0.29, 0.717) is 5.56 Å². The summed E-state index contributed by atoms with van der Waals surface area (Å²) >= 11 is 5.67. The van der Waals surface area contributed by atoms with Gasteiger partial charge in [0.15, 0.2) is 6.61 Å². The summed E-state index contributed by atoms with van der Waals surface area (Å²) in [6, 6.07) is 10.5. The van der Waals surface area contributed by atoms with Gasteiger partial charge in [-0.3, -0.25) is 4.79 Å². The molecule has 2 aromatic rings. The van der Waals surface area contributed by atoms with Crippen molar-refractivity contribution in [2.45, 2.75) is 10.9 Å². The SMILES string of the molecule is O=C1COC(=O)N1CC(NS(=O)(=O)c1ccc(F)c(Cl)c1)c1ccccc1. The fourth-order valence-electron chi connectivity index (χ4n) is 2.54. The summed E-state index contributed by atoms with van der Waals surface area (Å²) in [6.07, 6.45) is -0.843. The zero-order valence-electron chi connectivity index (χ0n) is 13.8. The van der Waals surface area contributed by atoms with Crippen LogP contribution < -0.4 is 4.72 Å². The third-order valence-corrected chi connectivity index (χ3v) is 5.67. The van der Waals surface area contributed by atoms with Gasteiger partial charge in [-0.1, -0.05) is 41.9 Å². The smallest absolute Gasteiger partial charge is 0.417 e. The fraction of sp³-hybridized carbons (Fsp3) is 0.176. The van der Waals surface area contributed by atoms with E-state index in [-0.39, 0.29) is 23.1 Å². The lowest BCUT2D eigenvalue weighted by molar-refractivity contribution is -0.126. The van der Waals surface area contributed by atoms with Gasteiger partial charge in [0.25, 0.3) is 5.91 Å². The molecule has 142 valence electrons. The summed E-state index contributed by atoms with van der Waals surface area (Å²) < 4.78 is 45.8. The van der Waals surface area contributed by atoms with Gasteiger partial charge in [0, 0.05) is 0 Å². The molecule has 3 rings (SSSR count). The van der Waals surface area contributed by atoms with Crippen LogP contribution in [0.5, 0.6) is 0 Å². The van der Waals surface area contributed by atoms with Gasteiger partial charge in [-0.2, -0.15) is 0 Å². The highest BCUT2D eigenvalue weighted by molar-refractivity contribution is 7.89. The van der Waals surface area contributed by atoms with Crippen LogP contribution in [0.1, 0.15) is 11.6 Å². The maximum atomic E-state index is 13.3. The minimum atomic E-state index is -4.11. The summed E-state index contributed by atoms with van der Waals surface area (Å²) in [5.74, 6) is -1.31. The summed E-state index contributed by atoms with van der Waals surface area (Å²) in [5, 5.41) is -0.340. The molecule has 10 heteroatoms. The number of amides is 2. The third kappa shape index (κ3) is 4.26. The molecule has 1 unspecified atom stereocenters. The Hall–Kier alpha value is -2.49. The number of halogens is 2. The molecule has 0 aliphatic carbocycles. The summed E-state index contributed by atoms with van der Waals surface area (Å²) in [5.41, 5.74) is 0.529. The van der Waals surface area contributed by atoms with Crippen molar-refractivity contribution in [3.05, 3.63) is 64.9 Å². The number of nitrogens with one attached hydrogen (secondary N) is 1. The van der Waals surface area contributed by atoms with E-state index < -0.39 is 33.9 Å². The van der Waals surface area contributed by atoms with Gasteiger partial charge >= 0.3 is 6.09 Å². The van der Waals surface area contributed by atoms with E-state index in [2.05, 4.69) is 9.46 Å². The number of hydrogen-bond acceptors (Lipinski definition) is 5. The molecule has 0 bridgehead atoms. The van der Waals surface area contributed by atoms with E-state index >= 15 is 0 Å². The predicted octanol–water partition coefficient (Wildman–Crippen LogP) is 2.48. The molecule has 27 heavy (non-hydrogen) atoms. The van der Waals surface area contributed by atoms with E-state index in [0.717, 1.165) is 23.1 Å². The van der Waals surface area contributed by atoms with Crippen molar-refractivity contribution < 1.29 is 27.1 Å². The summed E-state index contributed by atoms with van der Waals surface area (Å²) in [6.45, 7) is -0.642. The van der Waals surface area contributed by atoms with Gasteiger partial charge in [0.2, 0.25) is 10.0 Å². The number of sulfonamides is 1. The number of benzene rings is 2. The molecular weight excluding hydrogens is 399 g/mol. The first kappa shape index (κ1) is 19.3. The van der Waals surface area contributed by atoms with Crippen molar-refractivity contribution in [3.63, 3.8) is 0 Å². The molecule has 1 fully saturated rings. The molecule has 0 saturated carbocycles. The second-order valence-electron chi connectivity index (χ2n) is 5.72. The molecule has 2 amide bonds. The lowest BCUT2D eigenvalue weighted by Crippen LogP contribution is -2.40. The van der Waals surface area contributed by atoms with Gasteiger partial charge in [-0.05, 0) is 23.8 Å². The predicted molar refractivity (Wildman–Crippen MR) is 94.0 cm³/mol. The average molecular weight is 413 g/mol. The molecule has 1 aliphatic rings. The highest BCUT2D eigenvalue weighted by atomic mass is 35.5. The van der Waals surface area contributed by atoms with Gasteiger partial charge in [0.05, 0.1) is 22.5 Å². The number of carbonyl (C=O) groups is 2. The van der Waals surface area contributed by atoms with Crippen LogP contribution in [0, 0.1) is 5.82 Å². The second-order valence-corrected chi connectivity index (χ2v) is 7.84. The topological polar surface area (TPSA) is 92.8 Å². The number of carbonyl (C=O) groups excluding carboxylic acids is 2. The highest BCUT2D eigenvalue weighted by Crippen LogP contribution is 2.23. The van der Waals surface area contributed by atoms with Gasteiger partial charge < -0.3 is 4.74 Å². The number of hydrogen-bond donors (Lipinski definition) is 1. The van der Waals surface area contributed by atoms with E-state index in [4.69, 9.17) is 11.6 Å². The van der Waals surface area contributed by atoms with Crippen LogP contribution in [0.2, 0.25) is 5.02 Å². The van der Waals surface area contributed by atoms with Crippen molar-refractivity contribution in [1.29, 1.82) is 0 Å². The van der Waals surface area contributed by atoms with Gasteiger partial charge in [-0.25, -0.2) is 27.2 Å². The molecule has 1 atom stereocenters. The Labute approximate surface area is 159 Å². The van der Waals surface area contributed by atoms with Crippen LogP contribution in [0.4, 0.5) is 9.18 Å². The Morgan fingerprint density at radius 2 is 1.89 bits per heavy atom. The first-order chi connectivity index (χ1) is 12.8. The Kier molecular flexibility index (Phi) is 5.45. The number of ether oxygens (including phenoxy) is 1. The van der Waals surface area contributed by atoms with Crippen LogP contribution >= 0.6 is 11.6 Å². The minimum absolute atomic E-state index is 0.245. The molecule has 1 aliphatic heterocycles. The van der Waals surface area contributed by atoms with Crippen molar-refractivity contribution in [2.24, 2.45) is 0 Å². The zero-order valence-corrected chi connectivity index (χ0v) is 15.3. The van der Waals surface area contributed by atoms with E-state index in [1.54, 1.807) is 30.3 Å². The van der Waals surface area contributed by atoms with Crippen molar-refractivity contribution in [3.8, 4) is 0 Å². The monoisotopic (exact) mass is 412 g/mol. The standard InChI is InChI=1S/C17H14ClFN2O5S/c18-13-8-12(6-7-14(13)19)27(24,25)20-15(11-4-2-1-3-5-11)9-21-16(22)10-26-17(21)23/h1-8,15,20H,9-10H2. The fourth-order valence-corrected chi connectivity index (χ4v) is 4.02. The second kappa shape index (κ2) is 7.63. The number of rotatable bonds is 6. The quantitative estimate of drug-likeness (QED) is 0.786. The normalized spacial score (nSPS) is 15.7. The third-order valence-electron chi connectivity index (χ3n) is 3.91. The Morgan fingerprint density at radius 3 is 2.48 bits per heavy atom. The average Bonchev–Trinajstić information content (AvgIpc) is 2.96.